The van der Waals surface area contributed by atoms with Crippen molar-refractivity contribution in [3.63, 3.8) is 0 Å². The van der Waals surface area contributed by atoms with E-state index in [4.69, 9.17) is 16.3 Å². The topological polar surface area (TPSA) is 93.8 Å². The Kier molecular flexibility index (Phi) is 3.28. The summed E-state index contributed by atoms with van der Waals surface area (Å²) in [6.45, 7) is 5.26. The van der Waals surface area contributed by atoms with E-state index in [0.717, 1.165) is 0 Å². The van der Waals surface area contributed by atoms with Gasteiger partial charge in [-0.3, -0.25) is 0 Å². The van der Waals surface area contributed by atoms with Gasteiger partial charge in [0.05, 0.1) is 23.7 Å². The van der Waals surface area contributed by atoms with Crippen molar-refractivity contribution in [3.8, 4) is 12.1 Å². The second-order valence-electron chi connectivity index (χ2n) is 5.47. The summed E-state index contributed by atoms with van der Waals surface area (Å²) in [6, 6.07) is 4.32. The normalized spacial score (nSPS) is 39.8. The van der Waals surface area contributed by atoms with Crippen molar-refractivity contribution in [3.05, 3.63) is 0 Å². The average molecular weight is 221 g/mol. The van der Waals surface area contributed by atoms with Crippen molar-refractivity contribution in [1.82, 2.24) is 0 Å². The van der Waals surface area contributed by atoms with Crippen LogP contribution in [0.4, 0.5) is 0 Å². The standard InChI is InChI=1S/C12H19N3O/c1-8-9(6-13)4-10(11(2,3)16)5-12(8,15)7-14/h8-10,16H,4-5,15H2,1-3H3/t8-,9+,10-,12-/m1/s1. The Morgan fingerprint density at radius 3 is 2.38 bits per heavy atom. The van der Waals surface area contributed by atoms with Crippen LogP contribution in [0.15, 0.2) is 0 Å². The van der Waals surface area contributed by atoms with Crippen molar-refractivity contribution in [2.75, 3.05) is 0 Å². The van der Waals surface area contributed by atoms with Gasteiger partial charge in [0, 0.05) is 5.92 Å². The van der Waals surface area contributed by atoms with Crippen LogP contribution in [0.1, 0.15) is 33.6 Å². The summed E-state index contributed by atoms with van der Waals surface area (Å²) < 4.78 is 0. The summed E-state index contributed by atoms with van der Waals surface area (Å²) >= 11 is 0. The molecule has 4 nitrogen and oxygen atoms in total. The zero-order chi connectivity index (χ0) is 12.6. The Balaban J connectivity index is 3.01. The van der Waals surface area contributed by atoms with Gasteiger partial charge in [0.2, 0.25) is 0 Å². The molecule has 0 bridgehead atoms. The Morgan fingerprint density at radius 1 is 1.44 bits per heavy atom. The number of rotatable bonds is 1. The van der Waals surface area contributed by atoms with Crippen molar-refractivity contribution >= 4 is 0 Å². The molecule has 0 heterocycles. The molecule has 0 aromatic heterocycles. The van der Waals surface area contributed by atoms with E-state index in [1.54, 1.807) is 13.8 Å². The highest BCUT2D eigenvalue weighted by Crippen LogP contribution is 2.42. The number of nitrogens with two attached hydrogens (primary N) is 1. The number of nitriles is 2. The summed E-state index contributed by atoms with van der Waals surface area (Å²) in [5.74, 6) is -0.506. The van der Waals surface area contributed by atoms with Gasteiger partial charge in [0.25, 0.3) is 0 Å². The molecule has 88 valence electrons. The molecule has 0 aromatic rings. The Bertz CT molecular complexity index is 347. The van der Waals surface area contributed by atoms with E-state index in [1.165, 1.54) is 0 Å². The number of hydrogen-bond acceptors (Lipinski definition) is 4. The fraction of sp³-hybridized carbons (Fsp3) is 0.833. The Labute approximate surface area is 96.7 Å². The molecule has 3 N–H and O–H groups in total. The van der Waals surface area contributed by atoms with Crippen molar-refractivity contribution in [1.29, 1.82) is 10.5 Å². The van der Waals surface area contributed by atoms with Gasteiger partial charge in [-0.2, -0.15) is 10.5 Å². The molecular formula is C12H19N3O. The van der Waals surface area contributed by atoms with Crippen LogP contribution in [-0.4, -0.2) is 16.2 Å². The quantitative estimate of drug-likeness (QED) is 0.694. The second kappa shape index (κ2) is 4.05. The predicted molar refractivity (Wildman–Crippen MR) is 59.8 cm³/mol. The molecular weight excluding hydrogens is 202 g/mol. The molecule has 0 aromatic carbocycles. The first-order valence-electron chi connectivity index (χ1n) is 5.56. The van der Waals surface area contributed by atoms with Gasteiger partial charge in [-0.25, -0.2) is 0 Å². The minimum absolute atomic E-state index is 0.0991. The lowest BCUT2D eigenvalue weighted by Gasteiger charge is -2.44. The van der Waals surface area contributed by atoms with E-state index in [9.17, 15) is 5.11 Å². The summed E-state index contributed by atoms with van der Waals surface area (Å²) in [5.41, 5.74) is 4.14. The summed E-state index contributed by atoms with van der Waals surface area (Å²) in [6.07, 6.45) is 1.06. The van der Waals surface area contributed by atoms with Gasteiger partial charge in [-0.05, 0) is 32.6 Å². The van der Waals surface area contributed by atoms with E-state index in [2.05, 4.69) is 12.1 Å². The third kappa shape index (κ3) is 2.19. The lowest BCUT2D eigenvalue weighted by molar-refractivity contribution is -0.0266. The van der Waals surface area contributed by atoms with Gasteiger partial charge >= 0.3 is 0 Å². The monoisotopic (exact) mass is 221 g/mol. The van der Waals surface area contributed by atoms with Crippen molar-refractivity contribution in [2.24, 2.45) is 23.5 Å². The molecule has 0 amide bonds. The van der Waals surface area contributed by atoms with E-state index < -0.39 is 11.1 Å². The van der Waals surface area contributed by atoms with E-state index in [-0.39, 0.29) is 17.8 Å². The highest BCUT2D eigenvalue weighted by Gasteiger charge is 2.48. The molecule has 1 saturated carbocycles. The van der Waals surface area contributed by atoms with Crippen LogP contribution in [0.2, 0.25) is 0 Å². The second-order valence-corrected chi connectivity index (χ2v) is 5.47. The van der Waals surface area contributed by atoms with E-state index in [1.807, 2.05) is 6.92 Å². The Morgan fingerprint density at radius 2 is 2.00 bits per heavy atom. The molecule has 1 aliphatic rings. The molecule has 1 rings (SSSR count). The van der Waals surface area contributed by atoms with E-state index >= 15 is 0 Å². The third-order valence-electron chi connectivity index (χ3n) is 3.91. The fourth-order valence-electron chi connectivity index (χ4n) is 2.40. The molecule has 1 fully saturated rings. The number of hydrogen-bond donors (Lipinski definition) is 2. The van der Waals surface area contributed by atoms with Crippen LogP contribution in [0, 0.1) is 40.4 Å². The van der Waals surface area contributed by atoms with Crippen LogP contribution in [0.25, 0.3) is 0 Å². The van der Waals surface area contributed by atoms with Crippen LogP contribution < -0.4 is 5.73 Å². The number of aliphatic hydroxyl groups is 1. The highest BCUT2D eigenvalue weighted by atomic mass is 16.3. The smallest absolute Gasteiger partial charge is 0.108 e. The third-order valence-corrected chi connectivity index (χ3v) is 3.91. The molecule has 0 unspecified atom stereocenters. The van der Waals surface area contributed by atoms with Crippen LogP contribution in [0.3, 0.4) is 0 Å². The molecule has 16 heavy (non-hydrogen) atoms. The highest BCUT2D eigenvalue weighted by molar-refractivity contribution is 5.16. The summed E-state index contributed by atoms with van der Waals surface area (Å²) in [5, 5.41) is 28.2. The molecule has 0 saturated heterocycles. The summed E-state index contributed by atoms with van der Waals surface area (Å²) in [7, 11) is 0. The average Bonchev–Trinajstić information content (AvgIpc) is 2.20. The van der Waals surface area contributed by atoms with Crippen molar-refractivity contribution in [2.45, 2.75) is 44.8 Å². The maximum Gasteiger partial charge on any atom is 0.108 e. The van der Waals surface area contributed by atoms with Gasteiger partial charge in [-0.15, -0.1) is 0 Å². The maximum atomic E-state index is 10.00. The zero-order valence-electron chi connectivity index (χ0n) is 10.1. The molecule has 1 aliphatic carbocycles. The molecule has 0 spiro atoms. The fourth-order valence-corrected chi connectivity index (χ4v) is 2.40. The number of nitrogens with zero attached hydrogens (tertiary/aromatic N) is 2. The predicted octanol–water partition coefficient (Wildman–Crippen LogP) is 1.16. The maximum absolute atomic E-state index is 10.00. The first-order chi connectivity index (χ1) is 7.24. The molecule has 4 heteroatoms. The van der Waals surface area contributed by atoms with Gasteiger partial charge in [0.15, 0.2) is 0 Å². The first kappa shape index (κ1) is 13.0. The van der Waals surface area contributed by atoms with Crippen LogP contribution >= 0.6 is 0 Å². The summed E-state index contributed by atoms with van der Waals surface area (Å²) in [4.78, 5) is 0. The van der Waals surface area contributed by atoms with Crippen LogP contribution in [0.5, 0.6) is 0 Å². The minimum atomic E-state index is -0.997. The largest absolute Gasteiger partial charge is 0.390 e. The zero-order valence-corrected chi connectivity index (χ0v) is 10.1. The van der Waals surface area contributed by atoms with Crippen molar-refractivity contribution < 1.29 is 5.11 Å². The Hall–Kier alpha value is -1.10. The van der Waals surface area contributed by atoms with Gasteiger partial charge in [-0.1, -0.05) is 6.92 Å². The van der Waals surface area contributed by atoms with E-state index in [0.29, 0.717) is 12.8 Å². The first-order valence-corrected chi connectivity index (χ1v) is 5.56. The minimum Gasteiger partial charge on any atom is -0.390 e. The van der Waals surface area contributed by atoms with Gasteiger partial charge in [0.1, 0.15) is 5.54 Å². The lowest BCUT2D eigenvalue weighted by Crippen LogP contribution is -2.55. The molecule has 0 radical (unpaired) electrons. The van der Waals surface area contributed by atoms with Crippen LogP contribution in [-0.2, 0) is 0 Å². The molecule has 0 aliphatic heterocycles. The van der Waals surface area contributed by atoms with Gasteiger partial charge < -0.3 is 10.8 Å². The SMILES string of the molecule is C[C@@H]1[C@H](C#N)C[C@@H](C(C)(C)O)C[C@@]1(N)C#N. The lowest BCUT2D eigenvalue weighted by atomic mass is 9.62. The molecule has 4 atom stereocenters.